The number of carbonyl (C=O) groups is 3. The lowest BCUT2D eigenvalue weighted by atomic mass is 10.5. The fourth-order valence-electron chi connectivity index (χ4n) is 0.995. The van der Waals surface area contributed by atoms with E-state index in [2.05, 4.69) is 18.9 Å². The summed E-state index contributed by atoms with van der Waals surface area (Å²) in [6.07, 6.45) is -3.24. The number of ether oxygens (including phenoxy) is 6. The van der Waals surface area contributed by atoms with Crippen molar-refractivity contribution < 1.29 is 42.8 Å². The Hall–Kier alpha value is -2.19. The molecule has 0 spiro atoms. The number of hydrogen-bond acceptors (Lipinski definition) is 9. The molecule has 9 nitrogen and oxygen atoms in total. The molecule has 0 unspecified atom stereocenters. The predicted octanol–water partition coefficient (Wildman–Crippen LogP) is 2.26. The summed E-state index contributed by atoms with van der Waals surface area (Å²) in [5, 5.41) is 0. The first kappa shape index (κ1) is 19.8. The summed E-state index contributed by atoms with van der Waals surface area (Å²) in [4.78, 5) is 33.0. The molecule has 22 heavy (non-hydrogen) atoms. The molecule has 0 bridgehead atoms. The summed E-state index contributed by atoms with van der Waals surface area (Å²) in [7, 11) is 0. The van der Waals surface area contributed by atoms with Gasteiger partial charge in [0.05, 0.1) is 12.2 Å². The third kappa shape index (κ3) is 12.8. The zero-order valence-corrected chi connectivity index (χ0v) is 13.2. The Morgan fingerprint density at radius 2 is 0.864 bits per heavy atom. The highest BCUT2D eigenvalue weighted by atomic mass is 16.8. The van der Waals surface area contributed by atoms with Crippen LogP contribution in [0.2, 0.25) is 0 Å². The van der Waals surface area contributed by atoms with Crippen molar-refractivity contribution in [2.24, 2.45) is 0 Å². The van der Waals surface area contributed by atoms with Gasteiger partial charge in [0.2, 0.25) is 0 Å². The van der Waals surface area contributed by atoms with E-state index in [0.717, 1.165) is 0 Å². The molecular formula is C13H22O9. The maximum atomic E-state index is 11.1. The van der Waals surface area contributed by atoms with Crippen LogP contribution in [-0.2, 0) is 28.4 Å². The van der Waals surface area contributed by atoms with E-state index in [1.807, 2.05) is 0 Å². The fraction of sp³-hybridized carbons (Fsp3) is 0.769. The van der Waals surface area contributed by atoms with Crippen molar-refractivity contribution in [3.05, 3.63) is 0 Å². The van der Waals surface area contributed by atoms with E-state index < -0.39 is 18.5 Å². The zero-order valence-electron chi connectivity index (χ0n) is 13.2. The van der Waals surface area contributed by atoms with Crippen LogP contribution < -0.4 is 0 Å². The molecule has 0 amide bonds. The minimum Gasteiger partial charge on any atom is -0.432 e. The zero-order chi connectivity index (χ0) is 17.0. The SMILES string of the molecule is CC(C)OC(=O)OCCOC(=O)OCCOC(=O)OC(C)C. The molecule has 0 aliphatic heterocycles. The van der Waals surface area contributed by atoms with Gasteiger partial charge in [-0.1, -0.05) is 0 Å². The molecule has 128 valence electrons. The highest BCUT2D eigenvalue weighted by Crippen LogP contribution is 1.95. The maximum Gasteiger partial charge on any atom is 0.508 e. The van der Waals surface area contributed by atoms with Gasteiger partial charge in [-0.25, -0.2) is 14.4 Å². The first-order chi connectivity index (χ1) is 10.3. The lowest BCUT2D eigenvalue weighted by Gasteiger charge is -2.10. The van der Waals surface area contributed by atoms with E-state index in [1.165, 1.54) is 0 Å². The Bertz CT molecular complexity index is 319. The van der Waals surface area contributed by atoms with E-state index in [0.29, 0.717) is 0 Å². The average Bonchev–Trinajstić information content (AvgIpc) is 2.38. The largest absolute Gasteiger partial charge is 0.508 e. The molecule has 0 radical (unpaired) electrons. The molecule has 0 aliphatic carbocycles. The lowest BCUT2D eigenvalue weighted by Crippen LogP contribution is -2.19. The molecule has 0 heterocycles. The van der Waals surface area contributed by atoms with Gasteiger partial charge in [0, 0.05) is 0 Å². The maximum absolute atomic E-state index is 11.1. The third-order valence-electron chi connectivity index (χ3n) is 1.71. The Kier molecular flexibility index (Phi) is 10.3. The molecule has 0 aromatic carbocycles. The Balaban J connectivity index is 3.51. The molecule has 9 heteroatoms. The van der Waals surface area contributed by atoms with Gasteiger partial charge < -0.3 is 28.4 Å². The van der Waals surface area contributed by atoms with Crippen LogP contribution in [0.1, 0.15) is 27.7 Å². The summed E-state index contributed by atoms with van der Waals surface area (Å²) in [6, 6.07) is 0. The summed E-state index contributed by atoms with van der Waals surface area (Å²) >= 11 is 0. The number of hydrogen-bond donors (Lipinski definition) is 0. The van der Waals surface area contributed by atoms with Gasteiger partial charge in [0.15, 0.2) is 0 Å². The van der Waals surface area contributed by atoms with E-state index in [1.54, 1.807) is 27.7 Å². The molecular weight excluding hydrogens is 300 g/mol. The smallest absolute Gasteiger partial charge is 0.432 e. The Labute approximate surface area is 128 Å². The van der Waals surface area contributed by atoms with Crippen LogP contribution in [0.15, 0.2) is 0 Å². The van der Waals surface area contributed by atoms with E-state index in [4.69, 9.17) is 9.47 Å². The van der Waals surface area contributed by atoms with Crippen molar-refractivity contribution in [1.29, 1.82) is 0 Å². The topological polar surface area (TPSA) is 107 Å². The van der Waals surface area contributed by atoms with Crippen molar-refractivity contribution in [3.63, 3.8) is 0 Å². The van der Waals surface area contributed by atoms with Crippen molar-refractivity contribution in [2.45, 2.75) is 39.9 Å². The lowest BCUT2D eigenvalue weighted by molar-refractivity contribution is -0.00296. The monoisotopic (exact) mass is 322 g/mol. The highest BCUT2D eigenvalue weighted by molar-refractivity contribution is 5.61. The van der Waals surface area contributed by atoms with Crippen LogP contribution in [0.25, 0.3) is 0 Å². The second kappa shape index (κ2) is 11.5. The molecule has 0 rings (SSSR count). The molecule has 0 atom stereocenters. The van der Waals surface area contributed by atoms with Crippen LogP contribution in [0.5, 0.6) is 0 Å². The first-order valence-electron chi connectivity index (χ1n) is 6.77. The van der Waals surface area contributed by atoms with Gasteiger partial charge in [-0.15, -0.1) is 0 Å². The summed E-state index contributed by atoms with van der Waals surface area (Å²) in [5.74, 6) is 0. The molecule has 0 aromatic heterocycles. The van der Waals surface area contributed by atoms with Crippen molar-refractivity contribution in [2.75, 3.05) is 26.4 Å². The molecule has 0 N–H and O–H groups in total. The van der Waals surface area contributed by atoms with E-state index in [9.17, 15) is 14.4 Å². The molecule has 0 fully saturated rings. The second-order valence-electron chi connectivity index (χ2n) is 4.48. The van der Waals surface area contributed by atoms with Crippen LogP contribution in [0, 0.1) is 0 Å². The van der Waals surface area contributed by atoms with Gasteiger partial charge in [-0.2, -0.15) is 0 Å². The van der Waals surface area contributed by atoms with Gasteiger partial charge in [-0.05, 0) is 27.7 Å². The van der Waals surface area contributed by atoms with Crippen LogP contribution >= 0.6 is 0 Å². The first-order valence-corrected chi connectivity index (χ1v) is 6.77. The van der Waals surface area contributed by atoms with Crippen LogP contribution in [-0.4, -0.2) is 57.1 Å². The Morgan fingerprint density at radius 3 is 1.14 bits per heavy atom. The predicted molar refractivity (Wildman–Crippen MR) is 72.4 cm³/mol. The quantitative estimate of drug-likeness (QED) is 0.378. The summed E-state index contributed by atoms with van der Waals surface area (Å²) in [5.41, 5.74) is 0. The van der Waals surface area contributed by atoms with Crippen LogP contribution in [0.3, 0.4) is 0 Å². The van der Waals surface area contributed by atoms with Crippen molar-refractivity contribution in [1.82, 2.24) is 0 Å². The minimum absolute atomic E-state index is 0.155. The Morgan fingerprint density at radius 1 is 0.591 bits per heavy atom. The molecule has 0 saturated carbocycles. The van der Waals surface area contributed by atoms with Crippen LogP contribution in [0.4, 0.5) is 14.4 Å². The van der Waals surface area contributed by atoms with E-state index in [-0.39, 0.29) is 38.6 Å². The molecule has 0 aliphatic rings. The van der Waals surface area contributed by atoms with Crippen molar-refractivity contribution in [3.8, 4) is 0 Å². The highest BCUT2D eigenvalue weighted by Gasteiger charge is 2.09. The second-order valence-corrected chi connectivity index (χ2v) is 4.48. The summed E-state index contributed by atoms with van der Waals surface area (Å²) < 4.78 is 27.8. The van der Waals surface area contributed by atoms with Gasteiger partial charge in [0.25, 0.3) is 0 Å². The van der Waals surface area contributed by atoms with Gasteiger partial charge in [-0.3, -0.25) is 0 Å². The third-order valence-corrected chi connectivity index (χ3v) is 1.71. The van der Waals surface area contributed by atoms with Crippen molar-refractivity contribution >= 4 is 18.5 Å². The van der Waals surface area contributed by atoms with Gasteiger partial charge in [0.1, 0.15) is 26.4 Å². The molecule has 0 saturated heterocycles. The number of rotatable bonds is 8. The average molecular weight is 322 g/mol. The summed E-state index contributed by atoms with van der Waals surface area (Å²) in [6.45, 7) is 6.03. The van der Waals surface area contributed by atoms with E-state index >= 15 is 0 Å². The minimum atomic E-state index is -0.971. The number of carbonyl (C=O) groups excluding carboxylic acids is 3. The normalized spacial score (nSPS) is 10.1. The fourth-order valence-corrected chi connectivity index (χ4v) is 0.995. The molecule has 0 aromatic rings. The standard InChI is InChI=1S/C13H22O9/c1-9(2)21-12(15)19-7-5-17-11(14)18-6-8-20-13(16)22-10(3)4/h9-10H,5-8H2,1-4H3. The van der Waals surface area contributed by atoms with Gasteiger partial charge >= 0.3 is 18.5 Å².